The molecule has 0 N–H and O–H groups in total. The first kappa shape index (κ1) is 15.8. The van der Waals surface area contributed by atoms with Gasteiger partial charge in [-0.2, -0.15) is 35.1 Å². The van der Waals surface area contributed by atoms with Gasteiger partial charge in [-0.1, -0.05) is 0 Å². The van der Waals surface area contributed by atoms with E-state index in [-0.39, 0.29) is 0 Å². The fraction of sp³-hybridized carbons (Fsp3) is 0.833. The van der Waals surface area contributed by atoms with Crippen LogP contribution in [0.15, 0.2) is 0 Å². The number of carbonyl (C=O) groups is 1. The number of rotatable bonds is 1. The van der Waals surface area contributed by atoms with Crippen molar-refractivity contribution in [3.8, 4) is 0 Å². The number of ether oxygens (including phenoxy) is 2. The van der Waals surface area contributed by atoms with E-state index in [9.17, 15) is 44.4 Å². The van der Waals surface area contributed by atoms with E-state index in [0.717, 1.165) is 0 Å². The van der Waals surface area contributed by atoms with Crippen LogP contribution in [0.1, 0.15) is 0 Å². The van der Waals surface area contributed by atoms with Crippen molar-refractivity contribution in [1.82, 2.24) is 0 Å². The number of carbonyl (C=O) groups excluding carboxylic acids is 1. The van der Waals surface area contributed by atoms with Gasteiger partial charge >= 0.3 is 30.2 Å². The minimum atomic E-state index is -6.24. The third kappa shape index (κ3) is 2.43. The lowest BCUT2D eigenvalue weighted by Gasteiger charge is -2.24. The molecular formula is C6HF9O4. The van der Waals surface area contributed by atoms with Crippen molar-refractivity contribution in [1.29, 1.82) is 0 Å². The van der Waals surface area contributed by atoms with Gasteiger partial charge in [0.15, 0.2) is 0 Å². The Morgan fingerprint density at radius 3 is 1.84 bits per heavy atom. The Labute approximate surface area is 96.5 Å². The molecule has 2 unspecified atom stereocenters. The zero-order valence-corrected chi connectivity index (χ0v) is 8.11. The molecule has 1 heterocycles. The van der Waals surface area contributed by atoms with Crippen molar-refractivity contribution in [2.45, 2.75) is 30.4 Å². The van der Waals surface area contributed by atoms with Gasteiger partial charge in [-0.05, 0) is 0 Å². The van der Waals surface area contributed by atoms with Crippen LogP contribution in [-0.2, 0) is 19.2 Å². The molecule has 0 spiro atoms. The zero-order valence-electron chi connectivity index (χ0n) is 8.11. The summed E-state index contributed by atoms with van der Waals surface area (Å²) >= 11 is 0. The fourth-order valence-corrected chi connectivity index (χ4v) is 1.14. The molecule has 1 fully saturated rings. The largest absolute Gasteiger partial charge is 0.455 e. The molecule has 2 atom stereocenters. The fourth-order valence-electron chi connectivity index (χ4n) is 1.14. The second-order valence-corrected chi connectivity index (χ2v) is 3.18. The van der Waals surface area contributed by atoms with Crippen LogP contribution in [0.5, 0.6) is 0 Å². The first-order valence-electron chi connectivity index (χ1n) is 4.00. The second kappa shape index (κ2) is 4.13. The molecule has 1 rings (SSSR count). The Morgan fingerprint density at radius 1 is 1.11 bits per heavy atom. The molecule has 0 aliphatic carbocycles. The Bertz CT molecular complexity index is 374. The van der Waals surface area contributed by atoms with Crippen LogP contribution in [0.3, 0.4) is 0 Å². The molecule has 0 aromatic carbocycles. The van der Waals surface area contributed by atoms with Crippen LogP contribution in [0.25, 0.3) is 0 Å². The summed E-state index contributed by atoms with van der Waals surface area (Å²) in [6.07, 6.45) is -22.2. The van der Waals surface area contributed by atoms with Crippen molar-refractivity contribution >= 4 is 5.97 Å². The molecule has 0 aromatic rings. The molecule has 0 aromatic heterocycles. The van der Waals surface area contributed by atoms with Crippen LogP contribution in [0.4, 0.5) is 39.6 Å². The van der Waals surface area contributed by atoms with Crippen molar-refractivity contribution in [2.75, 3.05) is 0 Å². The molecular weight excluding hydrogens is 307 g/mol. The van der Waals surface area contributed by atoms with Gasteiger partial charge in [0.05, 0.1) is 0 Å². The average molecular weight is 308 g/mol. The summed E-state index contributed by atoms with van der Waals surface area (Å²) < 4.78 is 116. The SMILES string of the molecule is O=C(OF)C1(C(F)(F)F)OC(C(F)(F)F)C(F)(F)O1. The average Bonchev–Trinajstić information content (AvgIpc) is 2.49. The van der Waals surface area contributed by atoms with Gasteiger partial charge in [0.1, 0.15) is 0 Å². The zero-order chi connectivity index (χ0) is 15.3. The normalized spacial score (nSPS) is 31.3. The van der Waals surface area contributed by atoms with Gasteiger partial charge in [0, 0.05) is 4.53 Å². The summed E-state index contributed by atoms with van der Waals surface area (Å²) in [6, 6.07) is 0. The summed E-state index contributed by atoms with van der Waals surface area (Å²) in [5.41, 5.74) is 0. The number of alkyl halides is 8. The summed E-state index contributed by atoms with van der Waals surface area (Å²) in [6.45, 7) is 0. The number of hydrogen-bond acceptors (Lipinski definition) is 4. The van der Waals surface area contributed by atoms with Crippen molar-refractivity contribution in [3.63, 3.8) is 0 Å². The van der Waals surface area contributed by atoms with E-state index >= 15 is 0 Å². The van der Waals surface area contributed by atoms with Crippen LogP contribution in [0, 0.1) is 0 Å². The first-order chi connectivity index (χ1) is 8.28. The maximum absolute atomic E-state index is 12.7. The molecule has 112 valence electrons. The Morgan fingerprint density at radius 2 is 1.58 bits per heavy atom. The van der Waals surface area contributed by atoms with Crippen molar-refractivity contribution in [2.24, 2.45) is 0 Å². The number of halogens is 9. The maximum Gasteiger partial charge on any atom is 0.455 e. The Hall–Kier alpha value is -1.24. The topological polar surface area (TPSA) is 44.8 Å². The third-order valence-corrected chi connectivity index (χ3v) is 1.88. The highest BCUT2D eigenvalue weighted by molar-refractivity contribution is 5.78. The first-order valence-corrected chi connectivity index (χ1v) is 4.00. The van der Waals surface area contributed by atoms with E-state index in [2.05, 4.69) is 9.47 Å². The van der Waals surface area contributed by atoms with Crippen LogP contribution >= 0.6 is 0 Å². The van der Waals surface area contributed by atoms with Gasteiger partial charge in [0.25, 0.3) is 0 Å². The summed E-state index contributed by atoms with van der Waals surface area (Å²) in [4.78, 5) is 12.5. The molecule has 4 nitrogen and oxygen atoms in total. The second-order valence-electron chi connectivity index (χ2n) is 3.18. The number of hydrogen-bond donors (Lipinski definition) is 0. The standard InChI is InChI=1S/C6HF9O4/c7-4(8,9)1-5(10,11)19-3(17-1,2(16)18-15)6(12,13)14/h1H. The molecule has 0 bridgehead atoms. The Balaban J connectivity index is 3.30. The molecule has 13 heteroatoms. The van der Waals surface area contributed by atoms with Crippen molar-refractivity contribution in [3.05, 3.63) is 0 Å². The molecule has 1 aliphatic heterocycles. The quantitative estimate of drug-likeness (QED) is 0.697. The van der Waals surface area contributed by atoms with Crippen LogP contribution in [0.2, 0.25) is 0 Å². The maximum atomic E-state index is 12.7. The lowest BCUT2D eigenvalue weighted by Crippen LogP contribution is -2.54. The van der Waals surface area contributed by atoms with Gasteiger partial charge < -0.3 is 4.74 Å². The molecule has 0 saturated carbocycles. The van der Waals surface area contributed by atoms with E-state index in [0.29, 0.717) is 0 Å². The van der Waals surface area contributed by atoms with E-state index in [1.165, 1.54) is 0 Å². The molecule has 1 saturated heterocycles. The molecule has 0 radical (unpaired) electrons. The van der Waals surface area contributed by atoms with Gasteiger partial charge in [-0.3, -0.25) is 4.74 Å². The lowest BCUT2D eigenvalue weighted by molar-refractivity contribution is -0.372. The minimum Gasteiger partial charge on any atom is -0.311 e. The Kier molecular flexibility index (Phi) is 3.44. The molecule has 19 heavy (non-hydrogen) atoms. The van der Waals surface area contributed by atoms with E-state index in [1.807, 2.05) is 4.94 Å². The summed E-state index contributed by atoms with van der Waals surface area (Å²) in [5.74, 6) is -8.45. The molecule has 0 amide bonds. The smallest absolute Gasteiger partial charge is 0.311 e. The highest BCUT2D eigenvalue weighted by atomic mass is 19.4. The van der Waals surface area contributed by atoms with E-state index in [4.69, 9.17) is 0 Å². The summed E-state index contributed by atoms with van der Waals surface area (Å²) in [5, 5.41) is 0. The summed E-state index contributed by atoms with van der Waals surface area (Å²) in [7, 11) is 0. The third-order valence-electron chi connectivity index (χ3n) is 1.88. The predicted octanol–water partition coefficient (Wildman–Crippen LogP) is 2.24. The minimum absolute atomic E-state index is 2.01. The highest BCUT2D eigenvalue weighted by Gasteiger charge is 2.81. The monoisotopic (exact) mass is 308 g/mol. The van der Waals surface area contributed by atoms with Gasteiger partial charge in [-0.25, -0.2) is 9.74 Å². The van der Waals surface area contributed by atoms with E-state index in [1.54, 1.807) is 0 Å². The van der Waals surface area contributed by atoms with Crippen LogP contribution in [-0.4, -0.2) is 36.3 Å². The predicted molar refractivity (Wildman–Crippen MR) is 32.9 cm³/mol. The van der Waals surface area contributed by atoms with Crippen LogP contribution < -0.4 is 0 Å². The van der Waals surface area contributed by atoms with Crippen molar-refractivity contribution < 1.29 is 58.9 Å². The highest BCUT2D eigenvalue weighted by Crippen LogP contribution is 2.52. The molecule has 1 aliphatic rings. The van der Waals surface area contributed by atoms with Gasteiger partial charge in [-0.15, -0.1) is 0 Å². The lowest BCUT2D eigenvalue weighted by atomic mass is 10.3. The van der Waals surface area contributed by atoms with E-state index < -0.39 is 36.3 Å². The van der Waals surface area contributed by atoms with Gasteiger partial charge in [0.2, 0.25) is 6.10 Å².